The van der Waals surface area contributed by atoms with Crippen molar-refractivity contribution in [1.29, 1.82) is 0 Å². The Morgan fingerprint density at radius 2 is 1.21 bits per heavy atom. The summed E-state index contributed by atoms with van der Waals surface area (Å²) < 4.78 is 5.70. The molecular weight excluding hydrogens is 534 g/mol. The molecule has 2 aromatic rings. The highest BCUT2D eigenvalue weighted by molar-refractivity contribution is 5.78. The molecular formula is C37H57N3O3. The smallest absolute Gasteiger partial charge is 0.314 e. The van der Waals surface area contributed by atoms with Crippen LogP contribution in [-0.2, 0) is 16.0 Å². The van der Waals surface area contributed by atoms with E-state index in [0.29, 0.717) is 38.1 Å². The van der Waals surface area contributed by atoms with Crippen LogP contribution in [0, 0.1) is 5.92 Å². The fourth-order valence-corrected chi connectivity index (χ4v) is 5.90. The van der Waals surface area contributed by atoms with Gasteiger partial charge in [-0.1, -0.05) is 116 Å². The Morgan fingerprint density at radius 3 is 1.77 bits per heavy atom. The number of ether oxygens (including phenoxy) is 1. The van der Waals surface area contributed by atoms with Crippen molar-refractivity contribution in [2.75, 3.05) is 13.1 Å². The third-order valence-corrected chi connectivity index (χ3v) is 8.79. The molecule has 0 radical (unpaired) electrons. The molecule has 0 spiro atoms. The van der Waals surface area contributed by atoms with Crippen LogP contribution >= 0.6 is 0 Å². The number of unbranched alkanes of at least 4 members (excludes halogenated alkanes) is 14. The summed E-state index contributed by atoms with van der Waals surface area (Å²) >= 11 is 0. The number of benzene rings is 1. The van der Waals surface area contributed by atoms with Crippen LogP contribution in [0.5, 0.6) is 5.75 Å². The van der Waals surface area contributed by atoms with Gasteiger partial charge in [-0.25, -0.2) is 9.97 Å². The van der Waals surface area contributed by atoms with Gasteiger partial charge in [0, 0.05) is 43.9 Å². The maximum atomic E-state index is 12.8. The SMILES string of the molecule is CCCCCCCCCCCc1ncc(-c2ccc(OC(=O)C3CCN(C(=O)CCCCCCCCC)CC3)cc2)cn1. The summed E-state index contributed by atoms with van der Waals surface area (Å²) in [4.78, 5) is 36.5. The summed E-state index contributed by atoms with van der Waals surface area (Å²) in [6.45, 7) is 5.78. The van der Waals surface area contributed by atoms with Crippen molar-refractivity contribution < 1.29 is 14.3 Å². The van der Waals surface area contributed by atoms with Gasteiger partial charge in [0.05, 0.1) is 5.92 Å². The monoisotopic (exact) mass is 591 g/mol. The zero-order valence-electron chi connectivity index (χ0n) is 27.2. The maximum absolute atomic E-state index is 12.8. The lowest BCUT2D eigenvalue weighted by molar-refractivity contribution is -0.143. The number of esters is 1. The summed E-state index contributed by atoms with van der Waals surface area (Å²) in [6.07, 6.45) is 27.0. The molecule has 0 saturated carbocycles. The predicted octanol–water partition coefficient (Wildman–Crippen LogP) is 9.50. The molecule has 6 nitrogen and oxygen atoms in total. The number of amides is 1. The topological polar surface area (TPSA) is 72.4 Å². The standard InChI is InChI=1S/C37H57N3O3/c1-3-5-7-9-11-12-14-15-17-19-35-38-29-33(30-39-35)31-21-23-34(24-22-31)43-37(42)32-25-27-40(28-26-32)36(41)20-18-16-13-10-8-6-4-2/h21-24,29-30,32H,3-20,25-28H2,1-2H3. The van der Waals surface area contributed by atoms with Crippen molar-refractivity contribution in [1.82, 2.24) is 14.9 Å². The maximum Gasteiger partial charge on any atom is 0.314 e. The van der Waals surface area contributed by atoms with Crippen LogP contribution in [0.3, 0.4) is 0 Å². The second-order valence-electron chi connectivity index (χ2n) is 12.4. The van der Waals surface area contributed by atoms with Crippen LogP contribution in [0.2, 0.25) is 0 Å². The number of nitrogens with zero attached hydrogens (tertiary/aromatic N) is 3. The van der Waals surface area contributed by atoms with Crippen molar-refractivity contribution in [3.8, 4) is 16.9 Å². The fraction of sp³-hybridized carbons (Fsp3) is 0.676. The Balaban J connectivity index is 1.31. The van der Waals surface area contributed by atoms with Gasteiger partial charge in [-0.2, -0.15) is 0 Å². The van der Waals surface area contributed by atoms with Crippen LogP contribution in [0.4, 0.5) is 0 Å². The number of aryl methyl sites for hydroxylation is 1. The average Bonchev–Trinajstić information content (AvgIpc) is 3.04. The Morgan fingerprint density at radius 1 is 0.698 bits per heavy atom. The van der Waals surface area contributed by atoms with Crippen LogP contribution in [0.25, 0.3) is 11.1 Å². The second-order valence-corrected chi connectivity index (χ2v) is 12.4. The van der Waals surface area contributed by atoms with Crippen molar-refractivity contribution in [3.05, 3.63) is 42.5 Å². The minimum absolute atomic E-state index is 0.158. The third-order valence-electron chi connectivity index (χ3n) is 8.79. The Hall–Kier alpha value is -2.76. The van der Waals surface area contributed by atoms with Gasteiger partial charge in [0.15, 0.2) is 0 Å². The minimum atomic E-state index is -0.198. The van der Waals surface area contributed by atoms with E-state index in [-0.39, 0.29) is 17.8 Å². The van der Waals surface area contributed by atoms with Crippen molar-refractivity contribution in [2.24, 2.45) is 5.92 Å². The molecule has 0 N–H and O–H groups in total. The molecule has 1 aromatic heterocycles. The molecule has 0 aliphatic carbocycles. The number of likely N-dealkylation sites (tertiary alicyclic amines) is 1. The van der Waals surface area contributed by atoms with E-state index < -0.39 is 0 Å². The number of piperidine rings is 1. The summed E-state index contributed by atoms with van der Waals surface area (Å²) in [5, 5.41) is 0. The van der Waals surface area contributed by atoms with Gasteiger partial charge in [-0.05, 0) is 43.4 Å². The Kier molecular flexibility index (Phi) is 17.0. The molecule has 0 bridgehead atoms. The highest BCUT2D eigenvalue weighted by Crippen LogP contribution is 2.25. The van der Waals surface area contributed by atoms with E-state index in [1.54, 1.807) is 0 Å². The normalized spacial score (nSPS) is 13.8. The lowest BCUT2D eigenvalue weighted by Gasteiger charge is -2.31. The molecule has 1 amide bonds. The van der Waals surface area contributed by atoms with Crippen molar-refractivity contribution in [3.63, 3.8) is 0 Å². The fourth-order valence-electron chi connectivity index (χ4n) is 5.90. The van der Waals surface area contributed by atoms with Gasteiger partial charge in [-0.15, -0.1) is 0 Å². The van der Waals surface area contributed by atoms with E-state index >= 15 is 0 Å². The van der Waals surface area contributed by atoms with Crippen LogP contribution in [0.1, 0.15) is 142 Å². The van der Waals surface area contributed by atoms with Gasteiger partial charge < -0.3 is 9.64 Å². The second kappa shape index (κ2) is 21.0. The molecule has 1 saturated heterocycles. The number of carbonyl (C=O) groups excluding carboxylic acids is 2. The molecule has 1 aliphatic rings. The van der Waals surface area contributed by atoms with Gasteiger partial charge in [0.25, 0.3) is 0 Å². The molecule has 1 aliphatic heterocycles. The molecule has 2 heterocycles. The molecule has 238 valence electrons. The van der Waals surface area contributed by atoms with Gasteiger partial charge >= 0.3 is 5.97 Å². The highest BCUT2D eigenvalue weighted by Gasteiger charge is 2.28. The van der Waals surface area contributed by atoms with Crippen LogP contribution < -0.4 is 4.74 Å². The summed E-state index contributed by atoms with van der Waals surface area (Å²) in [7, 11) is 0. The van der Waals surface area contributed by atoms with E-state index in [9.17, 15) is 9.59 Å². The van der Waals surface area contributed by atoms with Gasteiger partial charge in [0.1, 0.15) is 11.6 Å². The molecule has 43 heavy (non-hydrogen) atoms. The van der Waals surface area contributed by atoms with Crippen LogP contribution in [-0.4, -0.2) is 39.8 Å². The van der Waals surface area contributed by atoms with E-state index in [4.69, 9.17) is 4.74 Å². The summed E-state index contributed by atoms with van der Waals surface area (Å²) in [5.74, 6) is 1.33. The summed E-state index contributed by atoms with van der Waals surface area (Å²) in [5.41, 5.74) is 1.96. The molecule has 6 heteroatoms. The first kappa shape index (κ1) is 34.7. The number of aromatic nitrogens is 2. The Bertz CT molecular complexity index is 1030. The van der Waals surface area contributed by atoms with E-state index in [1.807, 2.05) is 41.6 Å². The average molecular weight is 592 g/mol. The first-order valence-corrected chi connectivity index (χ1v) is 17.5. The number of carbonyl (C=O) groups is 2. The first-order valence-electron chi connectivity index (χ1n) is 17.5. The van der Waals surface area contributed by atoms with E-state index in [1.165, 1.54) is 83.5 Å². The van der Waals surface area contributed by atoms with Crippen molar-refractivity contribution in [2.45, 2.75) is 142 Å². The molecule has 0 unspecified atom stereocenters. The van der Waals surface area contributed by atoms with Crippen molar-refractivity contribution >= 4 is 11.9 Å². The molecule has 1 aromatic carbocycles. The minimum Gasteiger partial charge on any atom is -0.426 e. The van der Waals surface area contributed by atoms with Gasteiger partial charge in [0.2, 0.25) is 5.91 Å². The predicted molar refractivity (Wildman–Crippen MR) is 176 cm³/mol. The summed E-state index contributed by atoms with van der Waals surface area (Å²) in [6, 6.07) is 7.58. The van der Waals surface area contributed by atoms with E-state index in [0.717, 1.165) is 42.6 Å². The molecule has 0 atom stereocenters. The third kappa shape index (κ3) is 13.6. The molecule has 3 rings (SSSR count). The highest BCUT2D eigenvalue weighted by atomic mass is 16.5. The lowest BCUT2D eigenvalue weighted by atomic mass is 9.96. The van der Waals surface area contributed by atoms with E-state index in [2.05, 4.69) is 23.8 Å². The zero-order valence-corrected chi connectivity index (χ0v) is 27.2. The number of hydrogen-bond acceptors (Lipinski definition) is 5. The Labute approximate surface area is 261 Å². The van der Waals surface area contributed by atoms with Crippen LogP contribution in [0.15, 0.2) is 36.7 Å². The molecule has 1 fully saturated rings. The number of rotatable bonds is 21. The quantitative estimate of drug-likeness (QED) is 0.0821. The van der Waals surface area contributed by atoms with Gasteiger partial charge in [-0.3, -0.25) is 9.59 Å². The zero-order chi connectivity index (χ0) is 30.5. The largest absolute Gasteiger partial charge is 0.426 e. The number of hydrogen-bond donors (Lipinski definition) is 0. The first-order chi connectivity index (χ1) is 21.1. The lowest BCUT2D eigenvalue weighted by Crippen LogP contribution is -2.41.